The minimum atomic E-state index is 0.0960. The number of anilines is 1. The molecular formula is C12H21N3OS. The number of nitrogens with zero attached hydrogens (tertiary/aromatic N) is 2. The third kappa shape index (κ3) is 3.16. The van der Waals surface area contributed by atoms with Crippen LogP contribution in [0.4, 0.5) is 5.13 Å². The molecule has 17 heavy (non-hydrogen) atoms. The maximum Gasteiger partial charge on any atom is 0.202 e. The summed E-state index contributed by atoms with van der Waals surface area (Å²) in [7, 11) is 1.88. The highest BCUT2D eigenvalue weighted by Crippen LogP contribution is 2.36. The standard InChI is InChI=1S/C12H21N3OS/c1-3-16-10(9-7-5-4-6-8-9)11-14-12(13-2)17-15-11/h9-10H,3-8H2,1-2H3,(H,13,14,15). The summed E-state index contributed by atoms with van der Waals surface area (Å²) < 4.78 is 10.3. The summed E-state index contributed by atoms with van der Waals surface area (Å²) in [6.07, 6.45) is 6.59. The fourth-order valence-corrected chi connectivity index (χ4v) is 3.04. The van der Waals surface area contributed by atoms with Crippen LogP contribution in [0.2, 0.25) is 0 Å². The molecule has 1 aliphatic carbocycles. The van der Waals surface area contributed by atoms with Crippen LogP contribution in [0, 0.1) is 5.92 Å². The summed E-state index contributed by atoms with van der Waals surface area (Å²) in [5.74, 6) is 1.47. The van der Waals surface area contributed by atoms with Crippen molar-refractivity contribution >= 4 is 16.7 Å². The lowest BCUT2D eigenvalue weighted by molar-refractivity contribution is 0.000644. The smallest absolute Gasteiger partial charge is 0.202 e. The van der Waals surface area contributed by atoms with Gasteiger partial charge in [-0.3, -0.25) is 0 Å². The van der Waals surface area contributed by atoms with Crippen molar-refractivity contribution in [2.45, 2.75) is 45.1 Å². The third-order valence-electron chi connectivity index (χ3n) is 3.33. The molecule has 0 bridgehead atoms. The molecule has 1 aromatic heterocycles. The van der Waals surface area contributed by atoms with E-state index in [-0.39, 0.29) is 6.10 Å². The van der Waals surface area contributed by atoms with Crippen molar-refractivity contribution in [3.05, 3.63) is 5.82 Å². The number of aromatic nitrogens is 2. The number of hydrogen-bond donors (Lipinski definition) is 1. The predicted octanol–water partition coefficient (Wildman–Crippen LogP) is 3.24. The molecule has 0 amide bonds. The van der Waals surface area contributed by atoms with Crippen molar-refractivity contribution in [3.63, 3.8) is 0 Å². The van der Waals surface area contributed by atoms with Crippen molar-refractivity contribution in [2.24, 2.45) is 5.92 Å². The minimum Gasteiger partial charge on any atom is -0.370 e. The van der Waals surface area contributed by atoms with Crippen LogP contribution < -0.4 is 5.32 Å². The predicted molar refractivity (Wildman–Crippen MR) is 70.4 cm³/mol. The van der Waals surface area contributed by atoms with E-state index in [1.807, 2.05) is 14.0 Å². The molecular weight excluding hydrogens is 234 g/mol. The van der Waals surface area contributed by atoms with Crippen LogP contribution in [-0.2, 0) is 4.74 Å². The van der Waals surface area contributed by atoms with Gasteiger partial charge >= 0.3 is 0 Å². The molecule has 1 N–H and O–H groups in total. The van der Waals surface area contributed by atoms with Crippen molar-refractivity contribution < 1.29 is 4.74 Å². The number of hydrogen-bond acceptors (Lipinski definition) is 5. The summed E-state index contributed by atoms with van der Waals surface area (Å²) in [5.41, 5.74) is 0. The minimum absolute atomic E-state index is 0.0960. The summed E-state index contributed by atoms with van der Waals surface area (Å²) in [5, 5.41) is 3.91. The average molecular weight is 255 g/mol. The summed E-state index contributed by atoms with van der Waals surface area (Å²) >= 11 is 1.42. The topological polar surface area (TPSA) is 47.0 Å². The van der Waals surface area contributed by atoms with E-state index in [0.29, 0.717) is 5.92 Å². The first kappa shape index (κ1) is 12.8. The molecule has 0 spiro atoms. The molecule has 0 aromatic carbocycles. The van der Waals surface area contributed by atoms with Crippen molar-refractivity contribution in [1.29, 1.82) is 0 Å². The van der Waals surface area contributed by atoms with Crippen LogP contribution in [0.3, 0.4) is 0 Å². The quantitative estimate of drug-likeness (QED) is 0.877. The van der Waals surface area contributed by atoms with E-state index < -0.39 is 0 Å². The first-order chi connectivity index (χ1) is 8.35. The van der Waals surface area contributed by atoms with Crippen molar-refractivity contribution in [1.82, 2.24) is 9.36 Å². The van der Waals surface area contributed by atoms with E-state index in [1.54, 1.807) is 0 Å². The SMILES string of the molecule is CCOC(c1nsc(NC)n1)C1CCCCC1. The van der Waals surface area contributed by atoms with E-state index in [0.717, 1.165) is 17.6 Å². The Morgan fingerprint density at radius 3 is 2.76 bits per heavy atom. The van der Waals surface area contributed by atoms with Gasteiger partial charge in [0.25, 0.3) is 0 Å². The van der Waals surface area contributed by atoms with Crippen LogP contribution in [0.1, 0.15) is 51.0 Å². The molecule has 1 aromatic rings. The van der Waals surface area contributed by atoms with Gasteiger partial charge < -0.3 is 10.1 Å². The fourth-order valence-electron chi connectivity index (χ4n) is 2.49. The molecule has 1 atom stereocenters. The monoisotopic (exact) mass is 255 g/mol. The van der Waals surface area contributed by atoms with E-state index in [2.05, 4.69) is 14.7 Å². The maximum absolute atomic E-state index is 5.88. The largest absolute Gasteiger partial charge is 0.370 e. The second-order valence-corrected chi connectivity index (χ2v) is 5.23. The second-order valence-electron chi connectivity index (χ2n) is 4.48. The Morgan fingerprint density at radius 1 is 1.41 bits per heavy atom. The number of nitrogens with one attached hydrogen (secondary N) is 1. The van der Waals surface area contributed by atoms with Crippen molar-refractivity contribution in [2.75, 3.05) is 19.0 Å². The molecule has 2 rings (SSSR count). The molecule has 1 fully saturated rings. The van der Waals surface area contributed by atoms with Crippen molar-refractivity contribution in [3.8, 4) is 0 Å². The first-order valence-corrected chi connectivity index (χ1v) is 7.25. The van der Waals surface area contributed by atoms with Gasteiger partial charge in [-0.15, -0.1) is 0 Å². The number of ether oxygens (including phenoxy) is 1. The zero-order chi connectivity index (χ0) is 12.1. The third-order valence-corrected chi connectivity index (χ3v) is 4.08. The van der Waals surface area contributed by atoms with E-state index >= 15 is 0 Å². The van der Waals surface area contributed by atoms with E-state index in [4.69, 9.17) is 4.74 Å². The van der Waals surface area contributed by atoms with Gasteiger partial charge in [-0.05, 0) is 25.7 Å². The Labute approximate surface area is 107 Å². The average Bonchev–Trinajstić information content (AvgIpc) is 2.85. The van der Waals surface area contributed by atoms with Crippen LogP contribution in [0.15, 0.2) is 0 Å². The Hall–Kier alpha value is -0.680. The molecule has 1 heterocycles. The second kappa shape index (κ2) is 6.31. The summed E-state index contributed by atoms with van der Waals surface area (Å²) in [6.45, 7) is 2.77. The molecule has 96 valence electrons. The van der Waals surface area contributed by atoms with Gasteiger partial charge in [0.1, 0.15) is 6.10 Å². The van der Waals surface area contributed by atoms with Crippen LogP contribution in [0.25, 0.3) is 0 Å². The molecule has 4 nitrogen and oxygen atoms in total. The zero-order valence-corrected chi connectivity index (χ0v) is 11.4. The van der Waals surface area contributed by atoms with E-state index in [1.165, 1.54) is 43.6 Å². The first-order valence-electron chi connectivity index (χ1n) is 6.48. The van der Waals surface area contributed by atoms with Gasteiger partial charge in [-0.25, -0.2) is 4.98 Å². The van der Waals surface area contributed by atoms with Gasteiger partial charge in [0.05, 0.1) is 0 Å². The van der Waals surface area contributed by atoms with Gasteiger partial charge in [-0.2, -0.15) is 4.37 Å². The van der Waals surface area contributed by atoms with Crippen LogP contribution in [-0.4, -0.2) is 23.0 Å². The molecule has 1 saturated carbocycles. The lowest BCUT2D eigenvalue weighted by Crippen LogP contribution is -2.20. The Balaban J connectivity index is 2.09. The number of rotatable bonds is 5. The van der Waals surface area contributed by atoms with Gasteiger partial charge in [0, 0.05) is 25.2 Å². The molecule has 0 saturated heterocycles. The van der Waals surface area contributed by atoms with Crippen LogP contribution >= 0.6 is 11.5 Å². The molecule has 0 aliphatic heterocycles. The lowest BCUT2D eigenvalue weighted by Gasteiger charge is -2.28. The molecule has 1 aliphatic rings. The molecule has 1 unspecified atom stereocenters. The lowest BCUT2D eigenvalue weighted by atomic mass is 9.85. The van der Waals surface area contributed by atoms with E-state index in [9.17, 15) is 0 Å². The van der Waals surface area contributed by atoms with Gasteiger partial charge in [0.2, 0.25) is 5.13 Å². The highest BCUT2D eigenvalue weighted by Gasteiger charge is 2.28. The fraction of sp³-hybridized carbons (Fsp3) is 0.833. The normalized spacial score (nSPS) is 19.2. The Kier molecular flexibility index (Phi) is 4.74. The Bertz CT molecular complexity index is 336. The van der Waals surface area contributed by atoms with Crippen LogP contribution in [0.5, 0.6) is 0 Å². The highest BCUT2D eigenvalue weighted by atomic mass is 32.1. The molecule has 0 radical (unpaired) electrons. The summed E-state index contributed by atoms with van der Waals surface area (Å²) in [6, 6.07) is 0. The zero-order valence-electron chi connectivity index (χ0n) is 10.6. The van der Waals surface area contributed by atoms with Gasteiger partial charge in [-0.1, -0.05) is 19.3 Å². The molecule has 5 heteroatoms. The highest BCUT2D eigenvalue weighted by molar-refractivity contribution is 7.09. The van der Waals surface area contributed by atoms with Gasteiger partial charge in [0.15, 0.2) is 5.82 Å². The summed E-state index contributed by atoms with van der Waals surface area (Å²) in [4.78, 5) is 4.49. The Morgan fingerprint density at radius 2 is 2.18 bits per heavy atom. The maximum atomic E-state index is 5.88.